The van der Waals surface area contributed by atoms with Crippen LogP contribution in [0, 0.1) is 5.82 Å². The summed E-state index contributed by atoms with van der Waals surface area (Å²) in [6.07, 6.45) is 0.0510. The van der Waals surface area contributed by atoms with Crippen LogP contribution in [-0.4, -0.2) is 39.7 Å². The number of rotatable bonds is 6. The molecule has 6 nitrogen and oxygen atoms in total. The summed E-state index contributed by atoms with van der Waals surface area (Å²) in [5.41, 5.74) is 0.662. The minimum atomic E-state index is -0.852. The van der Waals surface area contributed by atoms with E-state index in [1.54, 1.807) is 24.1 Å². The Morgan fingerprint density at radius 2 is 2.05 bits per heavy atom. The fraction of sp³-hybridized carbons (Fsp3) is 0.308. The first-order chi connectivity index (χ1) is 9.54. The van der Waals surface area contributed by atoms with E-state index in [0.717, 1.165) is 0 Å². The van der Waals surface area contributed by atoms with Gasteiger partial charge in [0.2, 0.25) is 11.7 Å². The number of hydrogen-bond donors (Lipinski definition) is 1. The van der Waals surface area contributed by atoms with Crippen molar-refractivity contribution >= 4 is 18.4 Å². The van der Waals surface area contributed by atoms with E-state index < -0.39 is 5.97 Å². The van der Waals surface area contributed by atoms with E-state index in [-0.39, 0.29) is 24.6 Å². The first kappa shape index (κ1) is 17.1. The Hall–Kier alpha value is -1.99. The van der Waals surface area contributed by atoms with Crippen molar-refractivity contribution in [2.24, 2.45) is 0 Å². The molecule has 1 aromatic heterocycles. The summed E-state index contributed by atoms with van der Waals surface area (Å²) in [4.78, 5) is 16.4. The molecule has 2 aromatic rings. The van der Waals surface area contributed by atoms with Crippen LogP contribution in [0.25, 0.3) is 11.4 Å². The minimum absolute atomic E-state index is 0. The normalized spacial score (nSPS) is 10.4. The largest absolute Gasteiger partial charge is 0.481 e. The van der Waals surface area contributed by atoms with Gasteiger partial charge in [0.1, 0.15) is 5.82 Å². The highest BCUT2D eigenvalue weighted by Gasteiger charge is 2.11. The topological polar surface area (TPSA) is 79.5 Å². The van der Waals surface area contributed by atoms with Gasteiger partial charge in [0.15, 0.2) is 0 Å². The number of hydrogen-bond acceptors (Lipinski definition) is 5. The second kappa shape index (κ2) is 7.70. The zero-order valence-corrected chi connectivity index (χ0v) is 12.1. The highest BCUT2D eigenvalue weighted by atomic mass is 35.5. The lowest BCUT2D eigenvalue weighted by molar-refractivity contribution is -0.137. The number of aliphatic carboxylic acids is 1. The van der Waals surface area contributed by atoms with Gasteiger partial charge in [-0.05, 0) is 31.3 Å². The molecule has 1 heterocycles. The van der Waals surface area contributed by atoms with E-state index in [4.69, 9.17) is 9.63 Å². The summed E-state index contributed by atoms with van der Waals surface area (Å²) in [6, 6.07) is 5.78. The maximum atomic E-state index is 12.8. The van der Waals surface area contributed by atoms with E-state index in [1.165, 1.54) is 12.1 Å². The van der Waals surface area contributed by atoms with E-state index in [1.807, 2.05) is 0 Å². The van der Waals surface area contributed by atoms with Crippen LogP contribution in [0.3, 0.4) is 0 Å². The average Bonchev–Trinajstić information content (AvgIpc) is 2.85. The van der Waals surface area contributed by atoms with Crippen LogP contribution in [-0.2, 0) is 11.3 Å². The van der Waals surface area contributed by atoms with E-state index in [9.17, 15) is 9.18 Å². The molecule has 0 saturated heterocycles. The zero-order valence-electron chi connectivity index (χ0n) is 11.3. The van der Waals surface area contributed by atoms with E-state index >= 15 is 0 Å². The molecule has 114 valence electrons. The standard InChI is InChI=1S/C13H14FN3O3.ClH/c1-17(7-6-12(18)19)8-11-15-13(16-20-11)9-2-4-10(14)5-3-9;/h2-5H,6-8H2,1H3,(H,18,19);1H. The number of carbonyl (C=O) groups is 1. The van der Waals surface area contributed by atoms with Gasteiger partial charge < -0.3 is 9.63 Å². The molecular weight excluding hydrogens is 301 g/mol. The lowest BCUT2D eigenvalue weighted by Crippen LogP contribution is -2.21. The van der Waals surface area contributed by atoms with E-state index in [2.05, 4.69) is 10.1 Å². The third kappa shape index (κ3) is 5.13. The van der Waals surface area contributed by atoms with Crippen molar-refractivity contribution in [3.8, 4) is 11.4 Å². The molecule has 0 amide bonds. The van der Waals surface area contributed by atoms with Crippen LogP contribution in [0.4, 0.5) is 4.39 Å². The summed E-state index contributed by atoms with van der Waals surface area (Å²) in [5, 5.41) is 12.4. The fourth-order valence-electron chi connectivity index (χ4n) is 1.63. The molecule has 0 fully saturated rings. The molecule has 0 atom stereocenters. The molecule has 0 aliphatic carbocycles. The first-order valence-electron chi connectivity index (χ1n) is 6.03. The second-order valence-electron chi connectivity index (χ2n) is 4.40. The Morgan fingerprint density at radius 3 is 2.67 bits per heavy atom. The third-order valence-corrected chi connectivity index (χ3v) is 2.68. The van der Waals surface area contributed by atoms with Crippen LogP contribution < -0.4 is 0 Å². The SMILES string of the molecule is CN(CCC(=O)O)Cc1nc(-c2ccc(F)cc2)no1.Cl. The van der Waals surface area contributed by atoms with Crippen molar-refractivity contribution in [3.63, 3.8) is 0 Å². The number of carboxylic acids is 1. The maximum Gasteiger partial charge on any atom is 0.304 e. The highest BCUT2D eigenvalue weighted by molar-refractivity contribution is 5.85. The molecule has 0 saturated carbocycles. The molecule has 1 N–H and O–H groups in total. The Balaban J connectivity index is 0.00000220. The van der Waals surface area contributed by atoms with Crippen LogP contribution in [0.15, 0.2) is 28.8 Å². The third-order valence-electron chi connectivity index (χ3n) is 2.68. The van der Waals surface area contributed by atoms with Gasteiger partial charge >= 0.3 is 5.97 Å². The van der Waals surface area contributed by atoms with Crippen molar-refractivity contribution < 1.29 is 18.8 Å². The molecule has 0 unspecified atom stereocenters. The van der Waals surface area contributed by atoms with Crippen LogP contribution in [0.2, 0.25) is 0 Å². The van der Waals surface area contributed by atoms with Gasteiger partial charge in [0.25, 0.3) is 0 Å². The molecule has 2 rings (SSSR count). The van der Waals surface area contributed by atoms with Gasteiger partial charge in [-0.15, -0.1) is 12.4 Å². The van der Waals surface area contributed by atoms with Gasteiger partial charge in [-0.3, -0.25) is 9.69 Å². The summed E-state index contributed by atoms with van der Waals surface area (Å²) >= 11 is 0. The molecule has 8 heteroatoms. The number of aromatic nitrogens is 2. The van der Waals surface area contributed by atoms with Gasteiger partial charge in [-0.25, -0.2) is 4.39 Å². The predicted octanol–water partition coefficient (Wildman–Crippen LogP) is 2.20. The molecule has 0 aliphatic heterocycles. The lowest BCUT2D eigenvalue weighted by atomic mass is 10.2. The summed E-state index contributed by atoms with van der Waals surface area (Å²) in [7, 11) is 1.77. The number of carboxylic acid groups (broad SMARTS) is 1. The van der Waals surface area contributed by atoms with Crippen molar-refractivity contribution in [1.29, 1.82) is 0 Å². The minimum Gasteiger partial charge on any atom is -0.481 e. The van der Waals surface area contributed by atoms with Gasteiger partial charge in [-0.1, -0.05) is 5.16 Å². The monoisotopic (exact) mass is 315 g/mol. The lowest BCUT2D eigenvalue weighted by Gasteiger charge is -2.11. The van der Waals surface area contributed by atoms with Crippen LogP contribution in [0.5, 0.6) is 0 Å². The van der Waals surface area contributed by atoms with Crippen molar-refractivity contribution in [2.75, 3.05) is 13.6 Å². The fourth-order valence-corrected chi connectivity index (χ4v) is 1.63. The summed E-state index contributed by atoms with van der Waals surface area (Å²) in [5.74, 6) is -0.413. The van der Waals surface area contributed by atoms with Crippen molar-refractivity contribution in [1.82, 2.24) is 15.0 Å². The number of halogens is 2. The van der Waals surface area contributed by atoms with Crippen molar-refractivity contribution in [2.45, 2.75) is 13.0 Å². The molecule has 1 aromatic carbocycles. The molecule has 0 radical (unpaired) electrons. The molecule has 0 aliphatic rings. The Labute approximate surface area is 127 Å². The molecule has 21 heavy (non-hydrogen) atoms. The first-order valence-corrected chi connectivity index (χ1v) is 6.03. The summed E-state index contributed by atoms with van der Waals surface area (Å²) < 4.78 is 17.9. The molecule has 0 spiro atoms. The predicted molar refractivity (Wildman–Crippen MR) is 75.5 cm³/mol. The summed E-state index contributed by atoms with van der Waals surface area (Å²) in [6.45, 7) is 0.755. The smallest absolute Gasteiger partial charge is 0.304 e. The van der Waals surface area contributed by atoms with Gasteiger partial charge in [0.05, 0.1) is 13.0 Å². The molecular formula is C13H15ClFN3O3. The highest BCUT2D eigenvalue weighted by Crippen LogP contribution is 2.16. The van der Waals surface area contributed by atoms with Gasteiger partial charge in [-0.2, -0.15) is 4.98 Å². The van der Waals surface area contributed by atoms with Gasteiger partial charge in [0, 0.05) is 12.1 Å². The number of nitrogens with zero attached hydrogens (tertiary/aromatic N) is 3. The second-order valence-corrected chi connectivity index (χ2v) is 4.40. The zero-order chi connectivity index (χ0) is 14.5. The number of benzene rings is 1. The van der Waals surface area contributed by atoms with Crippen LogP contribution in [0.1, 0.15) is 12.3 Å². The Morgan fingerprint density at radius 1 is 1.38 bits per heavy atom. The maximum absolute atomic E-state index is 12.8. The Kier molecular flexibility index (Phi) is 6.26. The van der Waals surface area contributed by atoms with Crippen molar-refractivity contribution in [3.05, 3.63) is 36.0 Å². The van der Waals surface area contributed by atoms with E-state index in [0.29, 0.717) is 30.4 Å². The molecule has 0 bridgehead atoms. The quantitative estimate of drug-likeness (QED) is 0.880. The Bertz CT molecular complexity index is 589. The van der Waals surface area contributed by atoms with Crippen LogP contribution >= 0.6 is 12.4 Å². The average molecular weight is 316 g/mol.